The normalized spacial score (nSPS) is 20.1. The third-order valence-electron chi connectivity index (χ3n) is 7.50. The Morgan fingerprint density at radius 2 is 1.64 bits per heavy atom. The topological polar surface area (TPSA) is 101 Å². The highest BCUT2D eigenvalue weighted by Gasteiger charge is 2.34. The summed E-state index contributed by atoms with van der Waals surface area (Å²) in [6, 6.07) is 13.4. The molecule has 39 heavy (non-hydrogen) atoms. The van der Waals surface area contributed by atoms with E-state index < -0.39 is 17.3 Å². The lowest BCUT2D eigenvalue weighted by atomic mass is 9.92. The maximum absolute atomic E-state index is 13.2. The molecule has 0 radical (unpaired) electrons. The molecule has 1 aliphatic heterocycles. The van der Waals surface area contributed by atoms with Crippen molar-refractivity contribution in [1.82, 2.24) is 5.32 Å². The molecule has 1 heterocycles. The molecule has 0 unspecified atom stereocenters. The number of rotatable bonds is 7. The first-order valence-corrected chi connectivity index (χ1v) is 13.2. The Kier molecular flexibility index (Phi) is 8.98. The van der Waals surface area contributed by atoms with Crippen LogP contribution in [0.2, 0.25) is 0 Å². The van der Waals surface area contributed by atoms with Crippen molar-refractivity contribution in [1.29, 1.82) is 10.5 Å². The van der Waals surface area contributed by atoms with Crippen molar-refractivity contribution in [3.8, 4) is 12.1 Å². The summed E-state index contributed by atoms with van der Waals surface area (Å²) < 4.78 is 45.5. The number of nitriles is 2. The van der Waals surface area contributed by atoms with Gasteiger partial charge in [0.15, 0.2) is 0 Å². The second kappa shape index (κ2) is 12.4. The van der Waals surface area contributed by atoms with Crippen molar-refractivity contribution in [3.63, 3.8) is 0 Å². The van der Waals surface area contributed by atoms with E-state index in [0.29, 0.717) is 36.9 Å². The minimum atomic E-state index is -4.59. The van der Waals surface area contributed by atoms with Crippen LogP contribution in [-0.2, 0) is 15.7 Å². The molecule has 206 valence electrons. The van der Waals surface area contributed by atoms with Crippen LogP contribution in [0.4, 0.5) is 24.5 Å². The summed E-state index contributed by atoms with van der Waals surface area (Å²) in [6.07, 6.45) is -0.176. The van der Waals surface area contributed by atoms with Gasteiger partial charge in [-0.15, -0.1) is 0 Å². The minimum Gasteiger partial charge on any atom is -0.382 e. The largest absolute Gasteiger partial charge is 0.417 e. The van der Waals surface area contributed by atoms with Gasteiger partial charge in [0.1, 0.15) is 6.61 Å². The van der Waals surface area contributed by atoms with E-state index in [4.69, 9.17) is 15.3 Å². The fraction of sp³-hybridized carbons (Fsp3) is 0.483. The van der Waals surface area contributed by atoms with Crippen LogP contribution in [0, 0.1) is 29.6 Å². The molecule has 7 nitrogen and oxygen atoms in total. The highest BCUT2D eigenvalue weighted by atomic mass is 19.4. The molecule has 1 saturated carbocycles. The molecule has 2 aromatic carbocycles. The summed E-state index contributed by atoms with van der Waals surface area (Å²) in [5.74, 6) is -0.139. The summed E-state index contributed by atoms with van der Waals surface area (Å²) in [5.41, 5.74) is 1.73. The van der Waals surface area contributed by atoms with Crippen molar-refractivity contribution in [2.45, 2.75) is 69.8 Å². The summed E-state index contributed by atoms with van der Waals surface area (Å²) in [7, 11) is 0. The SMILES string of the molecule is Cc1cc(N2CCC(NC(=O)COC3CCC(Nc4ccc(C#N)c(C(F)(F)F)c4)CC3)CC2)ccc1C#N. The van der Waals surface area contributed by atoms with Gasteiger partial charge in [-0.25, -0.2) is 0 Å². The van der Waals surface area contributed by atoms with E-state index in [1.54, 1.807) is 6.07 Å². The molecular weight excluding hydrogens is 507 g/mol. The summed E-state index contributed by atoms with van der Waals surface area (Å²) in [4.78, 5) is 14.7. The molecule has 4 rings (SSSR count). The van der Waals surface area contributed by atoms with E-state index >= 15 is 0 Å². The number of ether oxygens (including phenoxy) is 1. The molecular formula is C29H32F3N5O2. The first kappa shape index (κ1) is 28.3. The number of alkyl halides is 3. The molecule has 0 atom stereocenters. The number of hydrogen-bond acceptors (Lipinski definition) is 6. The number of nitrogens with zero attached hydrogens (tertiary/aromatic N) is 3. The van der Waals surface area contributed by atoms with E-state index in [2.05, 4.69) is 21.6 Å². The number of nitrogens with one attached hydrogen (secondary N) is 2. The second-order valence-electron chi connectivity index (χ2n) is 10.2. The number of amides is 1. The number of benzene rings is 2. The highest BCUT2D eigenvalue weighted by molar-refractivity contribution is 5.77. The zero-order valence-corrected chi connectivity index (χ0v) is 21.9. The summed E-state index contributed by atoms with van der Waals surface area (Å²) in [5, 5.41) is 24.3. The Labute approximate surface area is 226 Å². The molecule has 2 N–H and O–H groups in total. The van der Waals surface area contributed by atoms with Gasteiger partial charge in [0, 0.05) is 36.5 Å². The van der Waals surface area contributed by atoms with Crippen LogP contribution >= 0.6 is 0 Å². The Bertz CT molecular complexity index is 1250. The van der Waals surface area contributed by atoms with E-state index in [1.165, 1.54) is 12.1 Å². The lowest BCUT2D eigenvalue weighted by molar-refractivity contribution is -0.137. The smallest absolute Gasteiger partial charge is 0.382 e. The molecule has 1 aliphatic carbocycles. The van der Waals surface area contributed by atoms with Crippen LogP contribution in [0.3, 0.4) is 0 Å². The van der Waals surface area contributed by atoms with Gasteiger partial charge < -0.3 is 20.3 Å². The van der Waals surface area contributed by atoms with Gasteiger partial charge in [-0.1, -0.05) is 0 Å². The predicted octanol–water partition coefficient (Wildman–Crippen LogP) is 5.28. The molecule has 0 aromatic heterocycles. The van der Waals surface area contributed by atoms with Crippen molar-refractivity contribution in [2.75, 3.05) is 29.9 Å². The molecule has 1 amide bonds. The quantitative estimate of drug-likeness (QED) is 0.497. The fourth-order valence-corrected chi connectivity index (χ4v) is 5.29. The number of anilines is 2. The number of halogens is 3. The van der Waals surface area contributed by atoms with Gasteiger partial charge in [0.2, 0.25) is 5.91 Å². The van der Waals surface area contributed by atoms with Gasteiger partial charge in [0.25, 0.3) is 0 Å². The average molecular weight is 540 g/mol. The average Bonchev–Trinajstić information content (AvgIpc) is 2.92. The number of carbonyl (C=O) groups excluding carboxylic acids is 1. The predicted molar refractivity (Wildman–Crippen MR) is 141 cm³/mol. The van der Waals surface area contributed by atoms with E-state index in [9.17, 15) is 18.0 Å². The summed E-state index contributed by atoms with van der Waals surface area (Å²) in [6.45, 7) is 3.55. The zero-order valence-electron chi connectivity index (χ0n) is 21.9. The van der Waals surface area contributed by atoms with Crippen LogP contribution in [0.5, 0.6) is 0 Å². The molecule has 2 fully saturated rings. The van der Waals surface area contributed by atoms with Crippen molar-refractivity contribution >= 4 is 17.3 Å². The molecule has 2 aromatic rings. The first-order chi connectivity index (χ1) is 18.7. The van der Waals surface area contributed by atoms with E-state index in [0.717, 1.165) is 43.2 Å². The molecule has 0 bridgehead atoms. The standard InChI is InChI=1S/C29H32F3N5O2/c1-19-14-25(7-3-20(19)16-33)37-12-10-23(11-13-37)36-28(38)18-39-26-8-5-22(6-9-26)35-24-4-2-21(17-34)27(15-24)29(30,31)32/h2-4,7,14-15,22-23,26,35H,5-6,8-13,18H2,1H3,(H,36,38). The Morgan fingerprint density at radius 1 is 0.974 bits per heavy atom. The van der Waals surface area contributed by atoms with Gasteiger partial charge in [-0.05, 0) is 87.4 Å². The van der Waals surface area contributed by atoms with Crippen molar-refractivity contribution < 1.29 is 22.7 Å². The maximum atomic E-state index is 13.2. The first-order valence-electron chi connectivity index (χ1n) is 13.2. The van der Waals surface area contributed by atoms with Crippen LogP contribution in [0.25, 0.3) is 0 Å². The molecule has 10 heteroatoms. The summed E-state index contributed by atoms with van der Waals surface area (Å²) >= 11 is 0. The van der Waals surface area contributed by atoms with Crippen LogP contribution in [-0.4, -0.2) is 43.8 Å². The number of hydrogen-bond donors (Lipinski definition) is 2. The van der Waals surface area contributed by atoms with Crippen molar-refractivity contribution in [2.24, 2.45) is 0 Å². The van der Waals surface area contributed by atoms with Crippen LogP contribution in [0.15, 0.2) is 36.4 Å². The van der Waals surface area contributed by atoms with Crippen LogP contribution in [0.1, 0.15) is 60.8 Å². The maximum Gasteiger partial charge on any atom is 0.417 e. The fourth-order valence-electron chi connectivity index (χ4n) is 5.29. The monoisotopic (exact) mass is 539 g/mol. The Balaban J connectivity index is 1.16. The second-order valence-corrected chi connectivity index (χ2v) is 10.2. The van der Waals surface area contributed by atoms with Gasteiger partial charge >= 0.3 is 6.18 Å². The van der Waals surface area contributed by atoms with E-state index in [-0.39, 0.29) is 30.7 Å². The third kappa shape index (κ3) is 7.42. The van der Waals surface area contributed by atoms with Crippen molar-refractivity contribution in [3.05, 3.63) is 58.7 Å². The molecule has 0 spiro atoms. The minimum absolute atomic E-state index is 0.00206. The molecule has 1 saturated heterocycles. The van der Waals surface area contributed by atoms with E-state index in [1.807, 2.05) is 25.1 Å². The lowest BCUT2D eigenvalue weighted by Gasteiger charge is -2.34. The number of piperidine rings is 1. The number of carbonyl (C=O) groups is 1. The van der Waals surface area contributed by atoms with Gasteiger partial charge in [0.05, 0.1) is 34.9 Å². The van der Waals surface area contributed by atoms with Crippen LogP contribution < -0.4 is 15.5 Å². The zero-order chi connectivity index (χ0) is 28.0. The Hall–Kier alpha value is -3.76. The molecule has 2 aliphatic rings. The Morgan fingerprint density at radius 3 is 2.26 bits per heavy atom. The number of aryl methyl sites for hydroxylation is 1. The van der Waals surface area contributed by atoms with Gasteiger partial charge in [-0.3, -0.25) is 4.79 Å². The highest BCUT2D eigenvalue weighted by Crippen LogP contribution is 2.34. The third-order valence-corrected chi connectivity index (χ3v) is 7.50. The van der Waals surface area contributed by atoms with Gasteiger partial charge in [-0.2, -0.15) is 23.7 Å². The lowest BCUT2D eigenvalue weighted by Crippen LogP contribution is -2.46.